The lowest BCUT2D eigenvalue weighted by Crippen LogP contribution is -2.38. The van der Waals surface area contributed by atoms with E-state index in [0.29, 0.717) is 27.6 Å². The number of anilines is 2. The van der Waals surface area contributed by atoms with Crippen molar-refractivity contribution in [2.75, 3.05) is 18.4 Å². The van der Waals surface area contributed by atoms with Crippen LogP contribution in [0.15, 0.2) is 36.7 Å². The molecule has 0 bridgehead atoms. The lowest BCUT2D eigenvalue weighted by atomic mass is 9.96. The number of rotatable bonds is 6. The van der Waals surface area contributed by atoms with Crippen LogP contribution in [0.2, 0.25) is 0 Å². The van der Waals surface area contributed by atoms with Gasteiger partial charge in [-0.3, -0.25) is 4.90 Å². The molecule has 0 spiro atoms. The van der Waals surface area contributed by atoms with Crippen LogP contribution in [0.4, 0.5) is 38.0 Å². The number of halogens is 6. The fourth-order valence-corrected chi connectivity index (χ4v) is 5.13. The standard InChI is InChI=1S/C23H23F6N5OS/c1-13-9-14(11-15(10-13)32-21-30-6-3-17(33-21)23(27,28)29)16-12-31-20(36-16)22(35)4-2-7-34(8-5-22)19(26)18(24)25/h3,6,9-12,18-19,35H,2,4-5,7-8H2,1H3,(H,30,32,33). The van der Waals surface area contributed by atoms with E-state index < -0.39 is 30.2 Å². The quantitative estimate of drug-likeness (QED) is 0.305. The lowest BCUT2D eigenvalue weighted by Gasteiger charge is -2.26. The molecule has 0 radical (unpaired) electrons. The van der Waals surface area contributed by atoms with E-state index in [4.69, 9.17) is 0 Å². The van der Waals surface area contributed by atoms with Crippen LogP contribution in [0, 0.1) is 6.92 Å². The first-order chi connectivity index (χ1) is 16.9. The molecule has 0 saturated carbocycles. The number of aromatic nitrogens is 3. The SMILES string of the molecule is Cc1cc(Nc2nccc(C(F)(F)F)n2)cc(-c2cnc(C3(O)CCCN(C(F)C(F)F)CC3)s2)c1. The Labute approximate surface area is 207 Å². The van der Waals surface area contributed by atoms with Crippen molar-refractivity contribution in [3.05, 3.63) is 52.9 Å². The summed E-state index contributed by atoms with van der Waals surface area (Å²) < 4.78 is 78.2. The predicted octanol–water partition coefficient (Wildman–Crippen LogP) is 5.91. The van der Waals surface area contributed by atoms with Gasteiger partial charge < -0.3 is 10.4 Å². The van der Waals surface area contributed by atoms with Crippen molar-refractivity contribution in [3.63, 3.8) is 0 Å². The minimum absolute atomic E-state index is 0.0353. The van der Waals surface area contributed by atoms with Crippen LogP contribution in [0.25, 0.3) is 10.4 Å². The number of benzene rings is 1. The van der Waals surface area contributed by atoms with Crippen LogP contribution in [-0.2, 0) is 11.8 Å². The van der Waals surface area contributed by atoms with Gasteiger partial charge in [0, 0.05) is 31.2 Å². The molecule has 1 aromatic carbocycles. The van der Waals surface area contributed by atoms with Crippen molar-refractivity contribution in [3.8, 4) is 10.4 Å². The van der Waals surface area contributed by atoms with Crippen LogP contribution in [0.5, 0.6) is 0 Å². The van der Waals surface area contributed by atoms with Crippen molar-refractivity contribution < 1.29 is 31.4 Å². The van der Waals surface area contributed by atoms with Crippen molar-refractivity contribution in [1.82, 2.24) is 19.9 Å². The number of hydrogen-bond donors (Lipinski definition) is 2. The average molecular weight is 532 g/mol. The smallest absolute Gasteiger partial charge is 0.383 e. The topological polar surface area (TPSA) is 74.2 Å². The maximum atomic E-state index is 13.8. The van der Waals surface area contributed by atoms with Gasteiger partial charge in [-0.2, -0.15) is 13.2 Å². The Bertz CT molecular complexity index is 1210. The van der Waals surface area contributed by atoms with Crippen molar-refractivity contribution >= 4 is 23.0 Å². The summed E-state index contributed by atoms with van der Waals surface area (Å²) in [4.78, 5) is 13.4. The van der Waals surface area contributed by atoms with Gasteiger partial charge in [-0.05, 0) is 55.5 Å². The highest BCUT2D eigenvalue weighted by molar-refractivity contribution is 7.15. The van der Waals surface area contributed by atoms with E-state index in [1.165, 1.54) is 11.3 Å². The summed E-state index contributed by atoms with van der Waals surface area (Å²) in [6, 6.07) is 6.05. The van der Waals surface area contributed by atoms with Gasteiger partial charge >= 0.3 is 6.18 Å². The first-order valence-electron chi connectivity index (χ1n) is 11.1. The van der Waals surface area contributed by atoms with E-state index in [1.54, 1.807) is 18.3 Å². The fourth-order valence-electron chi connectivity index (χ4n) is 4.09. The molecular weight excluding hydrogens is 508 g/mol. The van der Waals surface area contributed by atoms with Crippen molar-refractivity contribution in [2.45, 2.75) is 50.7 Å². The molecule has 4 rings (SSSR count). The normalized spacial score (nSPS) is 20.4. The van der Waals surface area contributed by atoms with E-state index in [-0.39, 0.29) is 31.9 Å². The molecule has 1 saturated heterocycles. The van der Waals surface area contributed by atoms with Crippen LogP contribution in [-0.4, -0.2) is 50.8 Å². The summed E-state index contributed by atoms with van der Waals surface area (Å²) >= 11 is 1.22. The van der Waals surface area contributed by atoms with Gasteiger partial charge in [0.15, 0.2) is 0 Å². The maximum absolute atomic E-state index is 13.8. The van der Waals surface area contributed by atoms with Crippen molar-refractivity contribution in [2.24, 2.45) is 0 Å². The zero-order valence-electron chi connectivity index (χ0n) is 19.1. The Morgan fingerprint density at radius 2 is 1.89 bits per heavy atom. The first-order valence-corrected chi connectivity index (χ1v) is 11.9. The van der Waals surface area contributed by atoms with E-state index >= 15 is 0 Å². The van der Waals surface area contributed by atoms with E-state index in [0.717, 1.165) is 22.7 Å². The van der Waals surface area contributed by atoms with Gasteiger partial charge in [-0.1, -0.05) is 6.07 Å². The molecule has 3 aromatic rings. The third-order valence-electron chi connectivity index (χ3n) is 5.87. The summed E-state index contributed by atoms with van der Waals surface area (Å²) in [6.45, 7) is 1.89. The highest BCUT2D eigenvalue weighted by atomic mass is 32.1. The molecule has 3 heterocycles. The number of likely N-dealkylation sites (tertiary alicyclic amines) is 1. The highest BCUT2D eigenvalue weighted by Gasteiger charge is 2.38. The van der Waals surface area contributed by atoms with E-state index in [9.17, 15) is 31.4 Å². The van der Waals surface area contributed by atoms with Gasteiger partial charge in [-0.15, -0.1) is 11.3 Å². The number of nitrogens with zero attached hydrogens (tertiary/aromatic N) is 4. The molecule has 13 heteroatoms. The summed E-state index contributed by atoms with van der Waals surface area (Å²) in [5, 5.41) is 14.4. The zero-order valence-corrected chi connectivity index (χ0v) is 19.9. The third-order valence-corrected chi connectivity index (χ3v) is 7.11. The first kappa shape index (κ1) is 26.3. The van der Waals surface area contributed by atoms with Crippen LogP contribution < -0.4 is 5.32 Å². The molecule has 1 fully saturated rings. The van der Waals surface area contributed by atoms with Crippen molar-refractivity contribution in [1.29, 1.82) is 0 Å². The molecule has 6 nitrogen and oxygen atoms in total. The molecule has 2 unspecified atom stereocenters. The van der Waals surface area contributed by atoms with Gasteiger partial charge in [0.05, 0.1) is 4.88 Å². The molecule has 0 aliphatic carbocycles. The Kier molecular flexibility index (Phi) is 7.53. The maximum Gasteiger partial charge on any atom is 0.433 e. The molecule has 1 aliphatic rings. The number of aryl methyl sites for hydroxylation is 1. The molecule has 194 valence electrons. The number of aliphatic hydroxyl groups is 1. The third kappa shape index (κ3) is 5.95. The zero-order chi connectivity index (χ0) is 26.1. The minimum atomic E-state index is -4.60. The number of alkyl halides is 6. The summed E-state index contributed by atoms with van der Waals surface area (Å²) in [7, 11) is 0. The molecule has 1 aliphatic heterocycles. The molecule has 36 heavy (non-hydrogen) atoms. The van der Waals surface area contributed by atoms with Gasteiger partial charge in [-0.25, -0.2) is 28.1 Å². The lowest BCUT2D eigenvalue weighted by molar-refractivity contribution is -0.141. The fraction of sp³-hybridized carbons (Fsp3) is 0.435. The minimum Gasteiger partial charge on any atom is -0.383 e. The molecule has 2 aromatic heterocycles. The number of thiazole rings is 1. The van der Waals surface area contributed by atoms with Crippen LogP contribution >= 0.6 is 11.3 Å². The average Bonchev–Trinajstić information content (AvgIpc) is 3.23. The Balaban J connectivity index is 1.54. The molecular formula is C23H23F6N5OS. The van der Waals surface area contributed by atoms with Gasteiger partial charge in [0.2, 0.25) is 12.2 Å². The second-order valence-electron chi connectivity index (χ2n) is 8.63. The second-order valence-corrected chi connectivity index (χ2v) is 9.66. The molecule has 2 atom stereocenters. The Morgan fingerprint density at radius 1 is 1.11 bits per heavy atom. The predicted molar refractivity (Wildman–Crippen MR) is 123 cm³/mol. The number of nitrogens with one attached hydrogen (secondary N) is 1. The van der Waals surface area contributed by atoms with E-state index in [2.05, 4.69) is 20.3 Å². The summed E-state index contributed by atoms with van der Waals surface area (Å²) in [5.41, 5.74) is -0.474. The molecule has 0 amide bonds. The molecule has 2 N–H and O–H groups in total. The number of hydrogen-bond acceptors (Lipinski definition) is 7. The second kappa shape index (κ2) is 10.3. The highest BCUT2D eigenvalue weighted by Crippen LogP contribution is 2.39. The monoisotopic (exact) mass is 531 g/mol. The Hall–Kier alpha value is -2.77. The van der Waals surface area contributed by atoms with Crippen LogP contribution in [0.1, 0.15) is 35.5 Å². The van der Waals surface area contributed by atoms with Gasteiger partial charge in [0.25, 0.3) is 6.43 Å². The van der Waals surface area contributed by atoms with E-state index in [1.807, 2.05) is 13.0 Å². The van der Waals surface area contributed by atoms with Crippen LogP contribution in [0.3, 0.4) is 0 Å². The Morgan fingerprint density at radius 3 is 2.61 bits per heavy atom. The summed E-state index contributed by atoms with van der Waals surface area (Å²) in [5.74, 6) is -0.210. The van der Waals surface area contributed by atoms with Gasteiger partial charge in [0.1, 0.15) is 16.3 Å². The largest absolute Gasteiger partial charge is 0.433 e. The summed E-state index contributed by atoms with van der Waals surface area (Å²) in [6.07, 6.45) is -6.88.